The van der Waals surface area contributed by atoms with Crippen LogP contribution in [0, 0.1) is 24.1 Å². The predicted molar refractivity (Wildman–Crippen MR) is 77.5 cm³/mol. The summed E-state index contributed by atoms with van der Waals surface area (Å²) in [4.78, 5) is 0. The maximum atomic E-state index is 13.8. The number of nitrogens with zero attached hydrogens (tertiary/aromatic N) is 1. The van der Waals surface area contributed by atoms with E-state index in [1.807, 2.05) is 18.2 Å². The standard InChI is InChI=1S/C17H17FN2/c1-12-5-3-4-6-16(12)13(2)20-11-15-8-7-14(10-19)9-17(15)18/h3-9,13,20H,11H2,1-2H3. The fraction of sp³-hybridized carbons (Fsp3) is 0.235. The Bertz CT molecular complexity index is 644. The van der Waals surface area contributed by atoms with Crippen molar-refractivity contribution in [2.45, 2.75) is 26.4 Å². The Kier molecular flexibility index (Phi) is 4.49. The molecule has 0 spiro atoms. The van der Waals surface area contributed by atoms with Crippen molar-refractivity contribution in [3.8, 4) is 6.07 Å². The molecule has 0 saturated carbocycles. The van der Waals surface area contributed by atoms with Crippen LogP contribution in [-0.2, 0) is 6.54 Å². The number of aryl methyl sites for hydroxylation is 1. The van der Waals surface area contributed by atoms with Gasteiger partial charge in [-0.05, 0) is 37.1 Å². The minimum atomic E-state index is -0.339. The molecule has 0 aromatic heterocycles. The van der Waals surface area contributed by atoms with E-state index < -0.39 is 0 Å². The summed E-state index contributed by atoms with van der Waals surface area (Å²) < 4.78 is 13.8. The van der Waals surface area contributed by atoms with E-state index in [0.29, 0.717) is 17.7 Å². The minimum absolute atomic E-state index is 0.145. The van der Waals surface area contributed by atoms with Gasteiger partial charge in [-0.25, -0.2) is 4.39 Å². The summed E-state index contributed by atoms with van der Waals surface area (Å²) in [6, 6.07) is 14.8. The molecule has 2 aromatic rings. The molecule has 20 heavy (non-hydrogen) atoms. The first-order chi connectivity index (χ1) is 9.61. The van der Waals surface area contributed by atoms with Gasteiger partial charge >= 0.3 is 0 Å². The van der Waals surface area contributed by atoms with Gasteiger partial charge in [-0.1, -0.05) is 30.3 Å². The van der Waals surface area contributed by atoms with Gasteiger partial charge in [0.2, 0.25) is 0 Å². The van der Waals surface area contributed by atoms with Crippen LogP contribution in [-0.4, -0.2) is 0 Å². The van der Waals surface area contributed by atoms with Crippen molar-refractivity contribution in [3.63, 3.8) is 0 Å². The zero-order chi connectivity index (χ0) is 14.5. The summed E-state index contributed by atoms with van der Waals surface area (Å²) >= 11 is 0. The first-order valence-corrected chi connectivity index (χ1v) is 6.59. The average Bonchev–Trinajstić information content (AvgIpc) is 2.46. The van der Waals surface area contributed by atoms with Crippen molar-refractivity contribution in [2.75, 3.05) is 0 Å². The van der Waals surface area contributed by atoms with Gasteiger partial charge in [-0.2, -0.15) is 5.26 Å². The second-order valence-electron chi connectivity index (χ2n) is 4.88. The monoisotopic (exact) mass is 268 g/mol. The van der Waals surface area contributed by atoms with Crippen molar-refractivity contribution >= 4 is 0 Å². The molecular formula is C17H17FN2. The fourth-order valence-corrected chi connectivity index (χ4v) is 2.21. The Morgan fingerprint density at radius 2 is 2.00 bits per heavy atom. The first-order valence-electron chi connectivity index (χ1n) is 6.59. The lowest BCUT2D eigenvalue weighted by atomic mass is 10.0. The smallest absolute Gasteiger partial charge is 0.129 e. The fourth-order valence-electron chi connectivity index (χ4n) is 2.21. The van der Waals surface area contributed by atoms with Crippen LogP contribution in [0.5, 0.6) is 0 Å². The van der Waals surface area contributed by atoms with E-state index in [1.165, 1.54) is 17.2 Å². The van der Waals surface area contributed by atoms with E-state index in [4.69, 9.17) is 5.26 Å². The molecule has 3 heteroatoms. The second kappa shape index (κ2) is 6.31. The van der Waals surface area contributed by atoms with Gasteiger partial charge in [0, 0.05) is 18.2 Å². The molecule has 0 amide bonds. The van der Waals surface area contributed by atoms with E-state index in [9.17, 15) is 4.39 Å². The van der Waals surface area contributed by atoms with E-state index >= 15 is 0 Å². The van der Waals surface area contributed by atoms with Crippen molar-refractivity contribution in [2.24, 2.45) is 0 Å². The third kappa shape index (κ3) is 3.23. The number of hydrogen-bond donors (Lipinski definition) is 1. The van der Waals surface area contributed by atoms with E-state index in [-0.39, 0.29) is 11.9 Å². The van der Waals surface area contributed by atoms with E-state index in [2.05, 4.69) is 31.3 Å². The lowest BCUT2D eigenvalue weighted by Crippen LogP contribution is -2.19. The highest BCUT2D eigenvalue weighted by Gasteiger charge is 2.09. The van der Waals surface area contributed by atoms with Crippen LogP contribution in [0.3, 0.4) is 0 Å². The molecule has 0 aliphatic rings. The number of hydrogen-bond acceptors (Lipinski definition) is 2. The Balaban J connectivity index is 2.06. The van der Waals surface area contributed by atoms with Crippen LogP contribution in [0.25, 0.3) is 0 Å². The SMILES string of the molecule is Cc1ccccc1C(C)NCc1ccc(C#N)cc1F. The maximum absolute atomic E-state index is 13.8. The molecule has 0 saturated heterocycles. The lowest BCUT2D eigenvalue weighted by molar-refractivity contribution is 0.542. The Labute approximate surface area is 118 Å². The molecule has 2 rings (SSSR count). The van der Waals surface area contributed by atoms with Crippen molar-refractivity contribution in [3.05, 3.63) is 70.5 Å². The van der Waals surface area contributed by atoms with Crippen LogP contribution in [0.1, 0.15) is 35.2 Å². The van der Waals surface area contributed by atoms with Gasteiger partial charge in [0.15, 0.2) is 0 Å². The molecule has 0 aliphatic carbocycles. The van der Waals surface area contributed by atoms with Crippen LogP contribution < -0.4 is 5.32 Å². The molecule has 0 heterocycles. The highest BCUT2D eigenvalue weighted by Crippen LogP contribution is 2.18. The number of nitriles is 1. The highest BCUT2D eigenvalue weighted by molar-refractivity contribution is 5.33. The number of halogens is 1. The highest BCUT2D eigenvalue weighted by atomic mass is 19.1. The molecule has 0 fully saturated rings. The molecule has 2 nitrogen and oxygen atoms in total. The summed E-state index contributed by atoms with van der Waals surface area (Å²) in [7, 11) is 0. The number of rotatable bonds is 4. The van der Waals surface area contributed by atoms with E-state index in [0.717, 1.165) is 0 Å². The molecule has 0 radical (unpaired) electrons. The van der Waals surface area contributed by atoms with Crippen LogP contribution >= 0.6 is 0 Å². The molecule has 2 aromatic carbocycles. The third-order valence-electron chi connectivity index (χ3n) is 3.44. The topological polar surface area (TPSA) is 35.8 Å². The molecule has 0 aliphatic heterocycles. The molecule has 102 valence electrons. The molecule has 1 atom stereocenters. The number of nitrogens with one attached hydrogen (secondary N) is 1. The van der Waals surface area contributed by atoms with Gasteiger partial charge < -0.3 is 5.32 Å². The Morgan fingerprint density at radius 1 is 1.25 bits per heavy atom. The van der Waals surface area contributed by atoms with Crippen molar-refractivity contribution in [1.29, 1.82) is 5.26 Å². The Morgan fingerprint density at radius 3 is 2.65 bits per heavy atom. The van der Waals surface area contributed by atoms with E-state index in [1.54, 1.807) is 12.1 Å². The second-order valence-corrected chi connectivity index (χ2v) is 4.88. The van der Waals surface area contributed by atoms with Gasteiger partial charge in [-0.3, -0.25) is 0 Å². The molecule has 1 unspecified atom stereocenters. The van der Waals surface area contributed by atoms with Gasteiger partial charge in [-0.15, -0.1) is 0 Å². The molecule has 0 bridgehead atoms. The van der Waals surface area contributed by atoms with Crippen LogP contribution in [0.15, 0.2) is 42.5 Å². The van der Waals surface area contributed by atoms with Crippen LogP contribution in [0.2, 0.25) is 0 Å². The van der Waals surface area contributed by atoms with Gasteiger partial charge in [0.25, 0.3) is 0 Å². The largest absolute Gasteiger partial charge is 0.306 e. The third-order valence-corrected chi connectivity index (χ3v) is 3.44. The maximum Gasteiger partial charge on any atom is 0.129 e. The van der Waals surface area contributed by atoms with Crippen molar-refractivity contribution in [1.82, 2.24) is 5.32 Å². The summed E-state index contributed by atoms with van der Waals surface area (Å²) in [6.45, 7) is 4.56. The zero-order valence-corrected chi connectivity index (χ0v) is 11.7. The summed E-state index contributed by atoms with van der Waals surface area (Å²) in [5.41, 5.74) is 3.34. The average molecular weight is 268 g/mol. The quantitative estimate of drug-likeness (QED) is 0.914. The van der Waals surface area contributed by atoms with Gasteiger partial charge in [0.1, 0.15) is 5.82 Å². The summed E-state index contributed by atoms with van der Waals surface area (Å²) in [6.07, 6.45) is 0. The van der Waals surface area contributed by atoms with Crippen molar-refractivity contribution < 1.29 is 4.39 Å². The Hall–Kier alpha value is -2.18. The number of benzene rings is 2. The van der Waals surface area contributed by atoms with Gasteiger partial charge in [0.05, 0.1) is 11.6 Å². The lowest BCUT2D eigenvalue weighted by Gasteiger charge is -2.16. The van der Waals surface area contributed by atoms with Crippen LogP contribution in [0.4, 0.5) is 4.39 Å². The molecule has 1 N–H and O–H groups in total. The predicted octanol–water partition coefficient (Wildman–Crippen LogP) is 3.86. The zero-order valence-electron chi connectivity index (χ0n) is 11.7. The summed E-state index contributed by atoms with van der Waals surface area (Å²) in [5, 5.41) is 12.0. The summed E-state index contributed by atoms with van der Waals surface area (Å²) in [5.74, 6) is -0.339. The first kappa shape index (κ1) is 14.2. The minimum Gasteiger partial charge on any atom is -0.306 e. The molecular weight excluding hydrogens is 251 g/mol. The normalized spacial score (nSPS) is 11.9.